The number of benzene rings is 2. The first-order valence-corrected chi connectivity index (χ1v) is 9.33. The Balaban J connectivity index is 1.77. The fourth-order valence-electron chi connectivity index (χ4n) is 3.47. The number of carbonyl (C=O) groups is 2. The van der Waals surface area contributed by atoms with Gasteiger partial charge in [-0.05, 0) is 50.5 Å². The Morgan fingerprint density at radius 1 is 0.885 bits per heavy atom. The highest BCUT2D eigenvalue weighted by Gasteiger charge is 2.19. The lowest BCUT2D eigenvalue weighted by Gasteiger charge is -2.23. The molecule has 0 aliphatic heterocycles. The molecular formula is C22H26N2O2. The third kappa shape index (κ3) is 4.31. The maximum absolute atomic E-state index is 12.7. The second kappa shape index (κ2) is 8.17. The number of hydrogen-bond acceptors (Lipinski definition) is 2. The van der Waals surface area contributed by atoms with Gasteiger partial charge in [0.1, 0.15) is 0 Å². The van der Waals surface area contributed by atoms with Gasteiger partial charge in [-0.3, -0.25) is 9.59 Å². The third-order valence-electron chi connectivity index (χ3n) is 5.00. The molecule has 2 aromatic rings. The van der Waals surface area contributed by atoms with Gasteiger partial charge in [-0.25, -0.2) is 0 Å². The molecule has 0 unspecified atom stereocenters. The molecule has 1 aliphatic carbocycles. The molecule has 4 nitrogen and oxygen atoms in total. The summed E-state index contributed by atoms with van der Waals surface area (Å²) in [4.78, 5) is 25.4. The number of rotatable bonds is 4. The van der Waals surface area contributed by atoms with Gasteiger partial charge in [-0.1, -0.05) is 49.1 Å². The highest BCUT2D eigenvalue weighted by atomic mass is 16.2. The van der Waals surface area contributed by atoms with Crippen LogP contribution in [0.3, 0.4) is 0 Å². The van der Waals surface area contributed by atoms with Crippen molar-refractivity contribution in [3.8, 4) is 0 Å². The van der Waals surface area contributed by atoms with Crippen LogP contribution in [0.5, 0.6) is 0 Å². The van der Waals surface area contributed by atoms with E-state index < -0.39 is 0 Å². The van der Waals surface area contributed by atoms with Crippen molar-refractivity contribution in [2.75, 3.05) is 5.32 Å². The van der Waals surface area contributed by atoms with Gasteiger partial charge < -0.3 is 10.6 Å². The van der Waals surface area contributed by atoms with E-state index in [1.165, 1.54) is 6.42 Å². The summed E-state index contributed by atoms with van der Waals surface area (Å²) in [6.45, 7) is 3.87. The molecule has 4 heteroatoms. The molecule has 3 rings (SSSR count). The van der Waals surface area contributed by atoms with Gasteiger partial charge in [0.25, 0.3) is 11.8 Å². The molecular weight excluding hydrogens is 324 g/mol. The summed E-state index contributed by atoms with van der Waals surface area (Å²) in [6.07, 6.45) is 5.63. The number of anilines is 1. The van der Waals surface area contributed by atoms with Crippen LogP contribution in [0.15, 0.2) is 42.5 Å². The minimum absolute atomic E-state index is 0.117. The van der Waals surface area contributed by atoms with Gasteiger partial charge >= 0.3 is 0 Å². The van der Waals surface area contributed by atoms with Crippen molar-refractivity contribution in [1.29, 1.82) is 0 Å². The molecule has 136 valence electrons. The number of aryl methyl sites for hydroxylation is 2. The molecule has 26 heavy (non-hydrogen) atoms. The first-order chi connectivity index (χ1) is 12.5. The van der Waals surface area contributed by atoms with Crippen LogP contribution in [0.25, 0.3) is 0 Å². The lowest BCUT2D eigenvalue weighted by atomic mass is 9.95. The average Bonchev–Trinajstić information content (AvgIpc) is 2.65. The average molecular weight is 350 g/mol. The maximum Gasteiger partial charge on any atom is 0.255 e. The van der Waals surface area contributed by atoms with E-state index in [4.69, 9.17) is 0 Å². The predicted octanol–water partition coefficient (Wildman–Crippen LogP) is 4.62. The summed E-state index contributed by atoms with van der Waals surface area (Å²) in [5.41, 5.74) is 3.64. The normalized spacial score (nSPS) is 14.7. The third-order valence-corrected chi connectivity index (χ3v) is 5.00. The van der Waals surface area contributed by atoms with Crippen molar-refractivity contribution in [1.82, 2.24) is 5.32 Å². The van der Waals surface area contributed by atoms with Crippen molar-refractivity contribution >= 4 is 17.5 Å². The molecule has 0 atom stereocenters. The minimum Gasteiger partial charge on any atom is -0.349 e. The first kappa shape index (κ1) is 18.2. The Hall–Kier alpha value is -2.62. The zero-order valence-corrected chi connectivity index (χ0v) is 15.5. The predicted molar refractivity (Wildman–Crippen MR) is 105 cm³/mol. The zero-order chi connectivity index (χ0) is 18.5. The second-order valence-corrected chi connectivity index (χ2v) is 7.13. The molecule has 0 aromatic heterocycles. The fourth-order valence-corrected chi connectivity index (χ4v) is 3.47. The van der Waals surface area contributed by atoms with Gasteiger partial charge in [0, 0.05) is 11.6 Å². The Morgan fingerprint density at radius 3 is 2.38 bits per heavy atom. The molecule has 0 spiro atoms. The molecule has 0 saturated heterocycles. The van der Waals surface area contributed by atoms with Crippen molar-refractivity contribution in [3.05, 3.63) is 64.7 Å². The van der Waals surface area contributed by atoms with Crippen molar-refractivity contribution in [2.24, 2.45) is 0 Å². The standard InChI is InChI=1S/C22H26N2O2/c1-15-12-13-16(2)19(14-15)22(26)24-20-11-7-6-10-18(20)21(25)23-17-8-4-3-5-9-17/h6-7,10-14,17H,3-5,8-9H2,1-2H3,(H,23,25)(H,24,26). The molecule has 0 bridgehead atoms. The largest absolute Gasteiger partial charge is 0.349 e. The van der Waals surface area contributed by atoms with Crippen LogP contribution in [0.2, 0.25) is 0 Å². The van der Waals surface area contributed by atoms with Crippen LogP contribution in [0.1, 0.15) is 63.9 Å². The number of nitrogens with one attached hydrogen (secondary N) is 2. The summed E-state index contributed by atoms with van der Waals surface area (Å²) in [5.74, 6) is -0.308. The van der Waals surface area contributed by atoms with Crippen LogP contribution in [0.4, 0.5) is 5.69 Å². The van der Waals surface area contributed by atoms with Crippen LogP contribution in [-0.2, 0) is 0 Å². The molecule has 2 aromatic carbocycles. The van der Waals surface area contributed by atoms with E-state index in [9.17, 15) is 9.59 Å². The SMILES string of the molecule is Cc1ccc(C)c(C(=O)Nc2ccccc2C(=O)NC2CCCCC2)c1. The Kier molecular flexibility index (Phi) is 5.71. The highest BCUT2D eigenvalue weighted by molar-refractivity contribution is 6.09. The summed E-state index contributed by atoms with van der Waals surface area (Å²) >= 11 is 0. The van der Waals surface area contributed by atoms with E-state index in [0.717, 1.165) is 36.8 Å². The van der Waals surface area contributed by atoms with Gasteiger partial charge in [-0.15, -0.1) is 0 Å². The Bertz CT molecular complexity index is 808. The number of para-hydroxylation sites is 1. The Morgan fingerprint density at radius 2 is 1.62 bits per heavy atom. The maximum atomic E-state index is 12.7. The number of carbonyl (C=O) groups excluding carboxylic acids is 2. The Labute approximate surface area is 155 Å². The van der Waals surface area contributed by atoms with Crippen LogP contribution in [-0.4, -0.2) is 17.9 Å². The van der Waals surface area contributed by atoms with Crippen molar-refractivity contribution < 1.29 is 9.59 Å². The van der Waals surface area contributed by atoms with Gasteiger partial charge in [0.2, 0.25) is 0 Å². The van der Waals surface area contributed by atoms with E-state index >= 15 is 0 Å². The summed E-state index contributed by atoms with van der Waals surface area (Å²) in [7, 11) is 0. The number of amides is 2. The minimum atomic E-state index is -0.191. The molecule has 1 fully saturated rings. The molecule has 1 aliphatic rings. The lowest BCUT2D eigenvalue weighted by Crippen LogP contribution is -2.36. The molecule has 2 amide bonds. The molecule has 1 saturated carbocycles. The van der Waals surface area contributed by atoms with E-state index in [-0.39, 0.29) is 17.9 Å². The van der Waals surface area contributed by atoms with Crippen molar-refractivity contribution in [3.63, 3.8) is 0 Å². The van der Waals surface area contributed by atoms with Crippen LogP contribution >= 0.6 is 0 Å². The van der Waals surface area contributed by atoms with Crippen LogP contribution in [0, 0.1) is 13.8 Å². The van der Waals surface area contributed by atoms with Gasteiger partial charge in [0.15, 0.2) is 0 Å². The topological polar surface area (TPSA) is 58.2 Å². The van der Waals surface area contributed by atoms with E-state index in [2.05, 4.69) is 10.6 Å². The second-order valence-electron chi connectivity index (χ2n) is 7.13. The lowest BCUT2D eigenvalue weighted by molar-refractivity contribution is 0.0928. The van der Waals surface area contributed by atoms with E-state index in [1.54, 1.807) is 12.1 Å². The van der Waals surface area contributed by atoms with E-state index in [1.807, 2.05) is 44.2 Å². The zero-order valence-electron chi connectivity index (χ0n) is 15.5. The van der Waals surface area contributed by atoms with Crippen molar-refractivity contribution in [2.45, 2.75) is 52.0 Å². The summed E-state index contributed by atoms with van der Waals surface area (Å²) in [6, 6.07) is 13.2. The smallest absolute Gasteiger partial charge is 0.255 e. The summed E-state index contributed by atoms with van der Waals surface area (Å²) < 4.78 is 0. The molecule has 2 N–H and O–H groups in total. The van der Waals surface area contributed by atoms with Gasteiger partial charge in [0.05, 0.1) is 11.3 Å². The number of hydrogen-bond donors (Lipinski definition) is 2. The van der Waals surface area contributed by atoms with Crippen LogP contribution < -0.4 is 10.6 Å². The fraction of sp³-hybridized carbons (Fsp3) is 0.364. The monoisotopic (exact) mass is 350 g/mol. The van der Waals surface area contributed by atoms with Gasteiger partial charge in [-0.2, -0.15) is 0 Å². The molecule has 0 radical (unpaired) electrons. The summed E-state index contributed by atoms with van der Waals surface area (Å²) in [5, 5.41) is 6.03. The molecule has 0 heterocycles. The first-order valence-electron chi connectivity index (χ1n) is 9.33. The van der Waals surface area contributed by atoms with E-state index in [0.29, 0.717) is 16.8 Å². The highest BCUT2D eigenvalue weighted by Crippen LogP contribution is 2.21. The quantitative estimate of drug-likeness (QED) is 0.845.